The Balaban J connectivity index is 0.00000240. The quantitative estimate of drug-likeness (QED) is 0.600. The number of nitrogens with zero attached hydrogens (tertiary/aromatic N) is 2. The lowest BCUT2D eigenvalue weighted by Crippen LogP contribution is -2.46. The summed E-state index contributed by atoms with van der Waals surface area (Å²) in [6, 6.07) is 16.3. The molecule has 1 aliphatic rings. The Bertz CT molecular complexity index is 948. The van der Waals surface area contributed by atoms with Gasteiger partial charge < -0.3 is 13.7 Å². The van der Waals surface area contributed by atoms with E-state index in [0.717, 1.165) is 39.1 Å². The summed E-state index contributed by atoms with van der Waals surface area (Å²) >= 11 is 0. The molecule has 7 heteroatoms. The molecule has 29 heavy (non-hydrogen) atoms. The fourth-order valence-corrected chi connectivity index (χ4v) is 3.63. The van der Waals surface area contributed by atoms with Gasteiger partial charge in [-0.15, -0.1) is 12.4 Å². The second-order valence-electron chi connectivity index (χ2n) is 6.98. The fraction of sp³-hybridized carbons (Fsp3) is 0.318. The van der Waals surface area contributed by atoms with Crippen molar-refractivity contribution in [3.05, 3.63) is 76.8 Å². The van der Waals surface area contributed by atoms with E-state index >= 15 is 0 Å². The molecule has 0 unspecified atom stereocenters. The zero-order valence-electron chi connectivity index (χ0n) is 16.1. The number of para-hydroxylation sites is 1. The summed E-state index contributed by atoms with van der Waals surface area (Å²) in [5, 5.41) is 0. The molecule has 2 heterocycles. The van der Waals surface area contributed by atoms with Gasteiger partial charge in [-0.05, 0) is 49.4 Å². The first-order valence-corrected chi connectivity index (χ1v) is 9.60. The summed E-state index contributed by atoms with van der Waals surface area (Å²) in [6.45, 7) is 4.96. The Morgan fingerprint density at radius 1 is 0.897 bits per heavy atom. The number of anilines is 1. The molecule has 1 aliphatic heterocycles. The Hall–Kier alpha value is -2.57. The van der Waals surface area contributed by atoms with Crippen LogP contribution in [0.5, 0.6) is 0 Å². The van der Waals surface area contributed by atoms with E-state index in [1.807, 2.05) is 6.07 Å². The third kappa shape index (κ3) is 5.28. The molecule has 4 rings (SSSR count). The first-order valence-electron chi connectivity index (χ1n) is 9.60. The minimum atomic E-state index is -0.717. The van der Waals surface area contributed by atoms with Crippen LogP contribution < -0.4 is 10.7 Å². The maximum atomic E-state index is 13.1. The van der Waals surface area contributed by atoms with Crippen molar-refractivity contribution in [2.45, 2.75) is 12.8 Å². The third-order valence-electron chi connectivity index (χ3n) is 5.12. The Morgan fingerprint density at radius 2 is 1.59 bits per heavy atom. The number of rotatable bonds is 6. The van der Waals surface area contributed by atoms with E-state index in [-0.39, 0.29) is 18.2 Å². The van der Waals surface area contributed by atoms with E-state index in [9.17, 15) is 9.18 Å². The lowest BCUT2D eigenvalue weighted by Gasteiger charge is -2.36. The molecule has 1 aromatic heterocycles. The number of halogens is 2. The predicted molar refractivity (Wildman–Crippen MR) is 113 cm³/mol. The number of hydrogen-bond acceptors (Lipinski definition) is 5. The molecule has 1 fully saturated rings. The standard InChI is InChI=1S/C22H23FN2O3.ClH/c23-18-10-8-17(9-11-18)21-20(27-22(26)28-21)7-4-12-24-13-15-25(16-14-24)19-5-2-1-3-6-19;/h1-3,5-6,8-11H,4,7,12-16H2;1H. The number of benzene rings is 2. The number of piperazine rings is 1. The van der Waals surface area contributed by atoms with Crippen LogP contribution >= 0.6 is 12.4 Å². The van der Waals surface area contributed by atoms with E-state index in [4.69, 9.17) is 8.83 Å². The van der Waals surface area contributed by atoms with Crippen molar-refractivity contribution < 1.29 is 13.2 Å². The van der Waals surface area contributed by atoms with E-state index < -0.39 is 5.82 Å². The van der Waals surface area contributed by atoms with Crippen molar-refractivity contribution in [2.24, 2.45) is 0 Å². The highest BCUT2D eigenvalue weighted by atomic mass is 35.5. The summed E-state index contributed by atoms with van der Waals surface area (Å²) in [5.41, 5.74) is 1.92. The highest BCUT2D eigenvalue weighted by Crippen LogP contribution is 2.24. The zero-order valence-corrected chi connectivity index (χ0v) is 16.9. The summed E-state index contributed by atoms with van der Waals surface area (Å²) in [6.07, 6.45) is 1.47. The monoisotopic (exact) mass is 418 g/mol. The van der Waals surface area contributed by atoms with E-state index in [2.05, 4.69) is 34.1 Å². The lowest BCUT2D eigenvalue weighted by atomic mass is 10.1. The van der Waals surface area contributed by atoms with E-state index in [0.29, 0.717) is 23.5 Å². The highest BCUT2D eigenvalue weighted by molar-refractivity contribution is 5.85. The molecule has 0 saturated carbocycles. The molecule has 0 amide bonds. The molecule has 0 N–H and O–H groups in total. The van der Waals surface area contributed by atoms with Crippen LogP contribution in [0.2, 0.25) is 0 Å². The van der Waals surface area contributed by atoms with Crippen molar-refractivity contribution in [3.8, 4) is 11.3 Å². The Labute approximate surface area is 175 Å². The third-order valence-corrected chi connectivity index (χ3v) is 5.12. The Kier molecular flexibility index (Phi) is 7.12. The van der Waals surface area contributed by atoms with Crippen LogP contribution in [-0.4, -0.2) is 37.6 Å². The van der Waals surface area contributed by atoms with Crippen molar-refractivity contribution in [1.29, 1.82) is 0 Å². The van der Waals surface area contributed by atoms with Crippen LogP contribution in [0.4, 0.5) is 10.1 Å². The average Bonchev–Trinajstić information content (AvgIpc) is 3.10. The zero-order chi connectivity index (χ0) is 19.3. The molecule has 3 aromatic rings. The van der Waals surface area contributed by atoms with Crippen LogP contribution in [0.15, 0.2) is 68.2 Å². The number of aryl methyl sites for hydroxylation is 1. The molecule has 2 aromatic carbocycles. The molecule has 0 aliphatic carbocycles. The van der Waals surface area contributed by atoms with Crippen LogP contribution in [0.1, 0.15) is 12.2 Å². The molecule has 0 spiro atoms. The van der Waals surface area contributed by atoms with Gasteiger partial charge in [0.1, 0.15) is 5.82 Å². The minimum Gasteiger partial charge on any atom is -0.395 e. The summed E-state index contributed by atoms with van der Waals surface area (Å²) in [4.78, 5) is 16.4. The number of hydrogen-bond donors (Lipinski definition) is 0. The Morgan fingerprint density at radius 3 is 2.28 bits per heavy atom. The first-order chi connectivity index (χ1) is 13.7. The van der Waals surface area contributed by atoms with Gasteiger partial charge in [0.15, 0.2) is 11.5 Å². The van der Waals surface area contributed by atoms with E-state index in [1.54, 1.807) is 12.1 Å². The van der Waals surface area contributed by atoms with Crippen LogP contribution in [0.25, 0.3) is 11.3 Å². The van der Waals surface area contributed by atoms with Gasteiger partial charge >= 0.3 is 5.82 Å². The lowest BCUT2D eigenvalue weighted by molar-refractivity contribution is 0.252. The molecule has 1 saturated heterocycles. The molecular weight excluding hydrogens is 395 g/mol. The first kappa shape index (κ1) is 21.1. The van der Waals surface area contributed by atoms with Gasteiger partial charge in [0.25, 0.3) is 0 Å². The SMILES string of the molecule is Cl.O=c1oc(CCCN2CCN(c3ccccc3)CC2)c(-c2ccc(F)cc2)o1. The van der Waals surface area contributed by atoms with Gasteiger partial charge in [-0.2, -0.15) is 0 Å². The largest absolute Gasteiger partial charge is 0.519 e. The topological polar surface area (TPSA) is 49.8 Å². The second-order valence-corrected chi connectivity index (χ2v) is 6.98. The minimum absolute atomic E-state index is 0. The molecule has 0 bridgehead atoms. The molecular formula is C22H24ClFN2O3. The average molecular weight is 419 g/mol. The van der Waals surface area contributed by atoms with Gasteiger partial charge in [0, 0.05) is 43.9 Å². The maximum Gasteiger partial charge on any atom is 0.519 e. The van der Waals surface area contributed by atoms with Gasteiger partial charge in [0.05, 0.1) is 0 Å². The van der Waals surface area contributed by atoms with Crippen molar-refractivity contribution in [2.75, 3.05) is 37.6 Å². The normalized spacial score (nSPS) is 14.6. The summed E-state index contributed by atoms with van der Waals surface area (Å²) in [5.74, 6) is -0.116. The molecule has 5 nitrogen and oxygen atoms in total. The predicted octanol–water partition coefficient (Wildman–Crippen LogP) is 4.22. The van der Waals surface area contributed by atoms with Crippen molar-refractivity contribution in [1.82, 2.24) is 4.90 Å². The summed E-state index contributed by atoms with van der Waals surface area (Å²) in [7, 11) is 0. The second kappa shape index (κ2) is 9.76. The fourth-order valence-electron chi connectivity index (χ4n) is 3.63. The van der Waals surface area contributed by atoms with Gasteiger partial charge in [0.2, 0.25) is 0 Å². The van der Waals surface area contributed by atoms with Crippen LogP contribution in [0.3, 0.4) is 0 Å². The maximum absolute atomic E-state index is 13.1. The highest BCUT2D eigenvalue weighted by Gasteiger charge is 2.18. The molecule has 0 radical (unpaired) electrons. The van der Waals surface area contributed by atoms with Crippen LogP contribution in [-0.2, 0) is 6.42 Å². The van der Waals surface area contributed by atoms with E-state index in [1.165, 1.54) is 17.8 Å². The smallest absolute Gasteiger partial charge is 0.395 e. The van der Waals surface area contributed by atoms with Crippen LogP contribution in [0, 0.1) is 5.82 Å². The van der Waals surface area contributed by atoms with Gasteiger partial charge in [-0.3, -0.25) is 4.90 Å². The molecule has 0 atom stereocenters. The van der Waals surface area contributed by atoms with Gasteiger partial charge in [-0.25, -0.2) is 9.18 Å². The summed E-state index contributed by atoms with van der Waals surface area (Å²) < 4.78 is 23.5. The molecule has 154 valence electrons. The van der Waals surface area contributed by atoms with Crippen molar-refractivity contribution >= 4 is 18.1 Å². The van der Waals surface area contributed by atoms with Crippen molar-refractivity contribution in [3.63, 3.8) is 0 Å². The van der Waals surface area contributed by atoms with Gasteiger partial charge in [-0.1, -0.05) is 18.2 Å².